The Labute approximate surface area is 150 Å². The normalized spacial score (nSPS) is 11.3. The summed E-state index contributed by atoms with van der Waals surface area (Å²) in [5.74, 6) is 1.72. The fourth-order valence-corrected chi connectivity index (χ4v) is 3.10. The summed E-state index contributed by atoms with van der Waals surface area (Å²) in [5.41, 5.74) is 2.57. The van der Waals surface area contributed by atoms with Crippen LogP contribution in [0.15, 0.2) is 48.9 Å². The molecule has 25 heavy (non-hydrogen) atoms. The van der Waals surface area contributed by atoms with Gasteiger partial charge in [-0.1, -0.05) is 24.6 Å². The Morgan fingerprint density at radius 1 is 1.04 bits per heavy atom. The molecule has 0 unspecified atom stereocenters. The Kier molecular flexibility index (Phi) is 4.19. The van der Waals surface area contributed by atoms with E-state index in [0.29, 0.717) is 11.7 Å². The second kappa shape index (κ2) is 6.64. The van der Waals surface area contributed by atoms with Gasteiger partial charge in [-0.15, -0.1) is 0 Å². The number of aromatic nitrogens is 6. The van der Waals surface area contributed by atoms with Crippen LogP contribution in [-0.2, 0) is 13.1 Å². The van der Waals surface area contributed by atoms with E-state index in [2.05, 4.69) is 26.4 Å². The molecule has 0 amide bonds. The largest absolute Gasteiger partial charge is 0.322 e. The molecule has 0 spiro atoms. The lowest BCUT2D eigenvalue weighted by Gasteiger charge is -2.10. The SMILES string of the molecule is CCCn1c(Cn2ccnc2-c2cccc(Cl)n2)nc2cccnc21. The summed E-state index contributed by atoms with van der Waals surface area (Å²) >= 11 is 6.02. The van der Waals surface area contributed by atoms with Gasteiger partial charge in [0.05, 0.1) is 6.54 Å². The topological polar surface area (TPSA) is 61.4 Å². The van der Waals surface area contributed by atoms with Gasteiger partial charge in [0.1, 0.15) is 22.2 Å². The van der Waals surface area contributed by atoms with Gasteiger partial charge in [0, 0.05) is 25.1 Å². The molecule has 4 heterocycles. The smallest absolute Gasteiger partial charge is 0.160 e. The van der Waals surface area contributed by atoms with E-state index in [4.69, 9.17) is 16.6 Å². The van der Waals surface area contributed by atoms with Crippen LogP contribution in [0.3, 0.4) is 0 Å². The number of nitrogens with zero attached hydrogens (tertiary/aromatic N) is 6. The average Bonchev–Trinajstić information content (AvgIpc) is 3.21. The van der Waals surface area contributed by atoms with E-state index in [1.54, 1.807) is 18.5 Å². The highest BCUT2D eigenvalue weighted by atomic mass is 35.5. The van der Waals surface area contributed by atoms with E-state index in [9.17, 15) is 0 Å². The van der Waals surface area contributed by atoms with Gasteiger partial charge in [0.15, 0.2) is 11.5 Å². The van der Waals surface area contributed by atoms with E-state index >= 15 is 0 Å². The monoisotopic (exact) mass is 352 g/mol. The fraction of sp³-hybridized carbons (Fsp3) is 0.222. The molecule has 0 saturated carbocycles. The molecule has 7 heteroatoms. The molecule has 0 aromatic carbocycles. The highest BCUT2D eigenvalue weighted by Crippen LogP contribution is 2.20. The number of hydrogen-bond acceptors (Lipinski definition) is 4. The van der Waals surface area contributed by atoms with Crippen LogP contribution < -0.4 is 0 Å². The Bertz CT molecular complexity index is 1020. The Morgan fingerprint density at radius 2 is 1.96 bits per heavy atom. The number of halogens is 1. The highest BCUT2D eigenvalue weighted by Gasteiger charge is 2.14. The van der Waals surface area contributed by atoms with Crippen LogP contribution in [0.25, 0.3) is 22.7 Å². The molecule has 0 atom stereocenters. The first-order valence-electron chi connectivity index (χ1n) is 8.20. The first kappa shape index (κ1) is 15.8. The average molecular weight is 353 g/mol. The van der Waals surface area contributed by atoms with Crippen molar-refractivity contribution in [1.29, 1.82) is 0 Å². The molecule has 0 radical (unpaired) electrons. The predicted molar refractivity (Wildman–Crippen MR) is 97.4 cm³/mol. The third-order valence-corrected chi connectivity index (χ3v) is 4.21. The zero-order valence-electron chi connectivity index (χ0n) is 13.8. The van der Waals surface area contributed by atoms with E-state index < -0.39 is 0 Å². The van der Waals surface area contributed by atoms with Crippen LogP contribution >= 0.6 is 11.6 Å². The molecule has 0 aliphatic heterocycles. The van der Waals surface area contributed by atoms with Crippen molar-refractivity contribution in [3.8, 4) is 11.5 Å². The third-order valence-electron chi connectivity index (χ3n) is 4.00. The summed E-state index contributed by atoms with van der Waals surface area (Å²) in [5, 5.41) is 0.453. The van der Waals surface area contributed by atoms with E-state index in [1.165, 1.54) is 0 Å². The first-order chi connectivity index (χ1) is 12.3. The first-order valence-corrected chi connectivity index (χ1v) is 8.58. The molecule has 0 fully saturated rings. The Balaban J connectivity index is 1.76. The van der Waals surface area contributed by atoms with Crippen LogP contribution in [0.1, 0.15) is 19.2 Å². The van der Waals surface area contributed by atoms with Gasteiger partial charge in [-0.05, 0) is 30.7 Å². The predicted octanol–water partition coefficient (Wildman–Crippen LogP) is 3.80. The quantitative estimate of drug-likeness (QED) is 0.512. The van der Waals surface area contributed by atoms with Gasteiger partial charge >= 0.3 is 0 Å². The molecule has 6 nitrogen and oxygen atoms in total. The molecule has 0 bridgehead atoms. The molecule has 0 aliphatic carbocycles. The molecular weight excluding hydrogens is 336 g/mol. The van der Waals surface area contributed by atoms with Gasteiger partial charge in [0.25, 0.3) is 0 Å². The van der Waals surface area contributed by atoms with Gasteiger partial charge in [-0.3, -0.25) is 0 Å². The zero-order valence-corrected chi connectivity index (χ0v) is 14.6. The minimum atomic E-state index is 0.453. The second-order valence-corrected chi connectivity index (χ2v) is 6.14. The van der Waals surface area contributed by atoms with Crippen molar-refractivity contribution in [2.24, 2.45) is 0 Å². The number of rotatable bonds is 5. The number of hydrogen-bond donors (Lipinski definition) is 0. The number of fused-ring (bicyclic) bond motifs is 1. The van der Waals surface area contributed by atoms with Crippen LogP contribution in [0.4, 0.5) is 0 Å². The summed E-state index contributed by atoms with van der Waals surface area (Å²) in [6.07, 6.45) is 6.52. The van der Waals surface area contributed by atoms with Crippen LogP contribution in [0.2, 0.25) is 5.15 Å². The maximum Gasteiger partial charge on any atom is 0.160 e. The van der Waals surface area contributed by atoms with Crippen molar-refractivity contribution in [3.63, 3.8) is 0 Å². The summed E-state index contributed by atoms with van der Waals surface area (Å²) in [6.45, 7) is 3.62. The standard InChI is InChI=1S/C18H17ClN6/c1-2-10-25-16(23-14-6-4-8-20-18(14)25)12-24-11-9-21-17(24)13-5-3-7-15(19)22-13/h3-9,11H,2,10,12H2,1H3. The van der Waals surface area contributed by atoms with Crippen molar-refractivity contribution in [3.05, 3.63) is 59.9 Å². The lowest BCUT2D eigenvalue weighted by Crippen LogP contribution is -2.10. The molecule has 0 aliphatic rings. The lowest BCUT2D eigenvalue weighted by atomic mass is 10.3. The van der Waals surface area contributed by atoms with Crippen LogP contribution in [0.5, 0.6) is 0 Å². The summed E-state index contributed by atoms with van der Waals surface area (Å²) in [6, 6.07) is 9.44. The summed E-state index contributed by atoms with van der Waals surface area (Å²) < 4.78 is 4.20. The molecule has 0 N–H and O–H groups in total. The van der Waals surface area contributed by atoms with Crippen molar-refractivity contribution in [2.75, 3.05) is 0 Å². The Morgan fingerprint density at radius 3 is 2.80 bits per heavy atom. The van der Waals surface area contributed by atoms with Crippen molar-refractivity contribution >= 4 is 22.8 Å². The van der Waals surface area contributed by atoms with Gasteiger partial charge < -0.3 is 9.13 Å². The minimum absolute atomic E-state index is 0.453. The fourth-order valence-electron chi connectivity index (χ4n) is 2.94. The molecular formula is C18H17ClN6. The third kappa shape index (κ3) is 3.00. The highest BCUT2D eigenvalue weighted by molar-refractivity contribution is 6.29. The minimum Gasteiger partial charge on any atom is -0.322 e. The molecule has 4 aromatic heterocycles. The summed E-state index contributed by atoms with van der Waals surface area (Å²) in [7, 11) is 0. The van der Waals surface area contributed by atoms with E-state index in [-0.39, 0.29) is 0 Å². The molecule has 0 saturated heterocycles. The van der Waals surface area contributed by atoms with E-state index in [1.807, 2.05) is 35.0 Å². The van der Waals surface area contributed by atoms with Crippen molar-refractivity contribution < 1.29 is 0 Å². The second-order valence-electron chi connectivity index (χ2n) is 5.75. The van der Waals surface area contributed by atoms with Gasteiger partial charge in [-0.25, -0.2) is 19.9 Å². The Hall–Kier alpha value is -2.73. The molecule has 4 rings (SSSR count). The number of aryl methyl sites for hydroxylation is 1. The molecule has 4 aromatic rings. The van der Waals surface area contributed by atoms with Gasteiger partial charge in [0.2, 0.25) is 0 Å². The number of pyridine rings is 2. The summed E-state index contributed by atoms with van der Waals surface area (Å²) in [4.78, 5) is 18.1. The maximum absolute atomic E-state index is 6.02. The molecule has 126 valence electrons. The van der Waals surface area contributed by atoms with Crippen molar-refractivity contribution in [1.82, 2.24) is 29.1 Å². The van der Waals surface area contributed by atoms with Crippen LogP contribution in [-0.4, -0.2) is 29.1 Å². The zero-order chi connectivity index (χ0) is 17.2. The van der Waals surface area contributed by atoms with Crippen molar-refractivity contribution in [2.45, 2.75) is 26.4 Å². The maximum atomic E-state index is 6.02. The van der Waals surface area contributed by atoms with Crippen LogP contribution in [0, 0.1) is 0 Å². The van der Waals surface area contributed by atoms with E-state index in [0.717, 1.165) is 41.5 Å². The lowest BCUT2D eigenvalue weighted by molar-refractivity contribution is 0.623. The number of imidazole rings is 2. The van der Waals surface area contributed by atoms with Gasteiger partial charge in [-0.2, -0.15) is 0 Å².